The van der Waals surface area contributed by atoms with Crippen molar-refractivity contribution < 1.29 is 13.9 Å². The minimum Gasteiger partial charge on any atom is -0.497 e. The van der Waals surface area contributed by atoms with Crippen molar-refractivity contribution in [1.29, 1.82) is 0 Å². The van der Waals surface area contributed by atoms with Crippen molar-refractivity contribution >= 4 is 15.9 Å². The molecular formula is C16H17BrFNO2. The number of ether oxygens (including phenoxy) is 2. The van der Waals surface area contributed by atoms with Crippen molar-refractivity contribution in [2.75, 3.05) is 7.11 Å². The molecule has 0 aromatic heterocycles. The molecule has 0 saturated heterocycles. The first-order valence-corrected chi connectivity index (χ1v) is 7.31. The number of rotatable bonds is 5. The molecule has 0 aliphatic heterocycles. The van der Waals surface area contributed by atoms with Gasteiger partial charge in [-0.15, -0.1) is 0 Å². The Morgan fingerprint density at radius 3 is 2.67 bits per heavy atom. The lowest BCUT2D eigenvalue weighted by molar-refractivity contribution is 0.293. The van der Waals surface area contributed by atoms with Gasteiger partial charge < -0.3 is 15.2 Å². The van der Waals surface area contributed by atoms with Crippen molar-refractivity contribution in [3.8, 4) is 11.5 Å². The maximum absolute atomic E-state index is 13.7. The maximum atomic E-state index is 13.7. The van der Waals surface area contributed by atoms with Crippen LogP contribution >= 0.6 is 15.9 Å². The van der Waals surface area contributed by atoms with Crippen molar-refractivity contribution in [3.63, 3.8) is 0 Å². The van der Waals surface area contributed by atoms with Crippen LogP contribution in [-0.4, -0.2) is 7.11 Å². The highest BCUT2D eigenvalue weighted by molar-refractivity contribution is 9.10. The Kier molecular flexibility index (Phi) is 5.20. The zero-order chi connectivity index (χ0) is 15.4. The van der Waals surface area contributed by atoms with E-state index < -0.39 is 0 Å². The number of hydrogen-bond donors (Lipinski definition) is 1. The monoisotopic (exact) mass is 353 g/mol. The van der Waals surface area contributed by atoms with Crippen molar-refractivity contribution in [2.45, 2.75) is 19.6 Å². The molecule has 0 radical (unpaired) electrons. The number of hydrogen-bond acceptors (Lipinski definition) is 3. The molecule has 0 bridgehead atoms. The SMILES string of the molecule is COc1ccc([C@H](C)N)c(OCc2cc(Br)ccc2F)c1. The Morgan fingerprint density at radius 1 is 1.24 bits per heavy atom. The van der Waals surface area contributed by atoms with Gasteiger partial charge in [-0.25, -0.2) is 4.39 Å². The summed E-state index contributed by atoms with van der Waals surface area (Å²) in [5.41, 5.74) is 7.25. The van der Waals surface area contributed by atoms with E-state index in [1.54, 1.807) is 25.3 Å². The molecule has 2 aromatic carbocycles. The van der Waals surface area contributed by atoms with Gasteiger partial charge in [-0.2, -0.15) is 0 Å². The zero-order valence-corrected chi connectivity index (χ0v) is 13.5. The van der Waals surface area contributed by atoms with E-state index in [1.807, 2.05) is 19.1 Å². The van der Waals surface area contributed by atoms with Gasteiger partial charge in [0.1, 0.15) is 23.9 Å². The van der Waals surface area contributed by atoms with Crippen LogP contribution in [0.1, 0.15) is 24.1 Å². The van der Waals surface area contributed by atoms with E-state index >= 15 is 0 Å². The fourth-order valence-corrected chi connectivity index (χ4v) is 2.36. The van der Waals surface area contributed by atoms with Gasteiger partial charge in [-0.3, -0.25) is 0 Å². The van der Waals surface area contributed by atoms with E-state index in [1.165, 1.54) is 6.07 Å². The summed E-state index contributed by atoms with van der Waals surface area (Å²) in [5, 5.41) is 0. The Hall–Kier alpha value is -1.59. The normalized spacial score (nSPS) is 12.0. The molecular weight excluding hydrogens is 337 g/mol. The number of nitrogens with two attached hydrogens (primary N) is 1. The van der Waals surface area contributed by atoms with Gasteiger partial charge >= 0.3 is 0 Å². The molecule has 0 amide bonds. The topological polar surface area (TPSA) is 44.5 Å². The van der Waals surface area contributed by atoms with Crippen LogP contribution < -0.4 is 15.2 Å². The van der Waals surface area contributed by atoms with Crippen LogP contribution in [0.25, 0.3) is 0 Å². The average molecular weight is 354 g/mol. The summed E-state index contributed by atoms with van der Waals surface area (Å²) in [5.74, 6) is 0.969. The molecule has 5 heteroatoms. The van der Waals surface area contributed by atoms with E-state index in [4.69, 9.17) is 15.2 Å². The molecule has 0 aliphatic carbocycles. The molecule has 0 spiro atoms. The quantitative estimate of drug-likeness (QED) is 0.876. The van der Waals surface area contributed by atoms with Gasteiger partial charge in [0.05, 0.1) is 7.11 Å². The lowest BCUT2D eigenvalue weighted by atomic mass is 10.1. The highest BCUT2D eigenvalue weighted by Gasteiger charge is 2.11. The molecule has 1 atom stereocenters. The Morgan fingerprint density at radius 2 is 2.00 bits per heavy atom. The summed E-state index contributed by atoms with van der Waals surface area (Å²) in [6, 6.07) is 10.0. The maximum Gasteiger partial charge on any atom is 0.129 e. The predicted octanol–water partition coefficient (Wildman–Crippen LogP) is 4.20. The van der Waals surface area contributed by atoms with Crippen LogP contribution in [0.2, 0.25) is 0 Å². The lowest BCUT2D eigenvalue weighted by Gasteiger charge is -2.15. The molecule has 0 unspecified atom stereocenters. The molecule has 0 saturated carbocycles. The minimum atomic E-state index is -0.302. The summed E-state index contributed by atoms with van der Waals surface area (Å²) in [6.45, 7) is 1.99. The molecule has 112 valence electrons. The van der Waals surface area contributed by atoms with E-state index in [-0.39, 0.29) is 18.5 Å². The van der Waals surface area contributed by atoms with E-state index in [9.17, 15) is 4.39 Å². The Labute approximate surface area is 132 Å². The van der Waals surface area contributed by atoms with E-state index in [2.05, 4.69) is 15.9 Å². The molecule has 2 N–H and O–H groups in total. The highest BCUT2D eigenvalue weighted by Crippen LogP contribution is 2.29. The Bertz CT molecular complexity index is 632. The fraction of sp³-hybridized carbons (Fsp3) is 0.250. The first-order valence-electron chi connectivity index (χ1n) is 6.51. The third-order valence-corrected chi connectivity index (χ3v) is 3.60. The van der Waals surface area contributed by atoms with E-state index in [0.29, 0.717) is 17.1 Å². The van der Waals surface area contributed by atoms with Gasteiger partial charge in [0.25, 0.3) is 0 Å². The predicted molar refractivity (Wildman–Crippen MR) is 84.0 cm³/mol. The summed E-state index contributed by atoms with van der Waals surface area (Å²) in [7, 11) is 1.58. The average Bonchev–Trinajstić information content (AvgIpc) is 2.47. The lowest BCUT2D eigenvalue weighted by Crippen LogP contribution is -2.08. The van der Waals surface area contributed by atoms with Crippen LogP contribution in [0.5, 0.6) is 11.5 Å². The first kappa shape index (κ1) is 15.8. The summed E-state index contributed by atoms with van der Waals surface area (Å²) in [6.07, 6.45) is 0. The second-order valence-corrected chi connectivity index (χ2v) is 5.63. The molecule has 0 heterocycles. The molecule has 2 rings (SSSR count). The summed E-state index contributed by atoms with van der Waals surface area (Å²) in [4.78, 5) is 0. The van der Waals surface area contributed by atoms with Gasteiger partial charge in [0.15, 0.2) is 0 Å². The molecule has 2 aromatic rings. The second-order valence-electron chi connectivity index (χ2n) is 4.72. The number of methoxy groups -OCH3 is 1. The Balaban J connectivity index is 2.24. The third-order valence-electron chi connectivity index (χ3n) is 3.10. The van der Waals surface area contributed by atoms with Crippen molar-refractivity contribution in [1.82, 2.24) is 0 Å². The van der Waals surface area contributed by atoms with Crippen LogP contribution in [0, 0.1) is 5.82 Å². The van der Waals surface area contributed by atoms with Crippen LogP contribution in [-0.2, 0) is 6.61 Å². The second kappa shape index (κ2) is 6.91. The van der Waals surface area contributed by atoms with Crippen molar-refractivity contribution in [2.24, 2.45) is 5.73 Å². The van der Waals surface area contributed by atoms with Gasteiger partial charge in [-0.1, -0.05) is 22.0 Å². The molecule has 21 heavy (non-hydrogen) atoms. The number of benzene rings is 2. The first-order chi connectivity index (χ1) is 10.0. The minimum absolute atomic E-state index is 0.123. The van der Waals surface area contributed by atoms with Crippen molar-refractivity contribution in [3.05, 3.63) is 57.8 Å². The summed E-state index contributed by atoms with van der Waals surface area (Å²) < 4.78 is 25.5. The van der Waals surface area contributed by atoms with Gasteiger partial charge in [0, 0.05) is 27.7 Å². The molecule has 0 fully saturated rings. The molecule has 0 aliphatic rings. The summed E-state index contributed by atoms with van der Waals surface area (Å²) >= 11 is 3.32. The fourth-order valence-electron chi connectivity index (χ4n) is 1.95. The van der Waals surface area contributed by atoms with Crippen LogP contribution in [0.15, 0.2) is 40.9 Å². The zero-order valence-electron chi connectivity index (χ0n) is 11.9. The van der Waals surface area contributed by atoms with E-state index in [0.717, 1.165) is 10.0 Å². The van der Waals surface area contributed by atoms with Crippen LogP contribution in [0.4, 0.5) is 4.39 Å². The van der Waals surface area contributed by atoms with Gasteiger partial charge in [-0.05, 0) is 31.2 Å². The number of halogens is 2. The highest BCUT2D eigenvalue weighted by atomic mass is 79.9. The van der Waals surface area contributed by atoms with Crippen LogP contribution in [0.3, 0.4) is 0 Å². The third kappa shape index (κ3) is 3.95. The smallest absolute Gasteiger partial charge is 0.129 e. The molecule has 3 nitrogen and oxygen atoms in total. The largest absolute Gasteiger partial charge is 0.497 e. The van der Waals surface area contributed by atoms with Gasteiger partial charge in [0.2, 0.25) is 0 Å². The standard InChI is InChI=1S/C16H17BrFNO2/c1-10(19)14-5-4-13(20-2)8-16(14)21-9-11-7-12(17)3-6-15(11)18/h3-8,10H,9,19H2,1-2H3/t10-/m0/s1.